The Kier molecular flexibility index (Phi) is 3.73. The molecule has 5 heteroatoms. The number of benzene rings is 1. The van der Waals surface area contributed by atoms with Crippen LogP contribution >= 0.6 is 0 Å². The van der Waals surface area contributed by atoms with Gasteiger partial charge in [0.2, 0.25) is 11.8 Å². The van der Waals surface area contributed by atoms with Crippen LogP contribution in [0.4, 0.5) is 0 Å². The predicted octanol–water partition coefficient (Wildman–Crippen LogP) is 2.80. The quantitative estimate of drug-likeness (QED) is 0.866. The molecule has 0 aliphatic carbocycles. The number of amides is 1. The third kappa shape index (κ3) is 2.68. The zero-order valence-corrected chi connectivity index (χ0v) is 12.4. The first-order valence-electron chi connectivity index (χ1n) is 7.35. The van der Waals surface area contributed by atoms with Crippen LogP contribution in [0.1, 0.15) is 48.6 Å². The number of nitrogens with zero attached hydrogens (tertiary/aromatic N) is 3. The molecule has 2 aromatic rings. The van der Waals surface area contributed by atoms with E-state index in [1.807, 2.05) is 24.0 Å². The molecule has 0 N–H and O–H groups in total. The molecule has 1 aliphatic rings. The van der Waals surface area contributed by atoms with Gasteiger partial charge in [0.15, 0.2) is 5.82 Å². The van der Waals surface area contributed by atoms with Crippen molar-refractivity contribution < 1.29 is 9.32 Å². The molecule has 0 bridgehead atoms. The first-order chi connectivity index (χ1) is 10.2. The molecule has 21 heavy (non-hydrogen) atoms. The molecule has 1 aromatic heterocycles. The minimum Gasteiger partial charge on any atom is -0.337 e. The number of likely N-dealkylation sites (tertiary alicyclic amines) is 1. The van der Waals surface area contributed by atoms with Gasteiger partial charge in [-0.05, 0) is 24.5 Å². The summed E-state index contributed by atoms with van der Waals surface area (Å²) in [5, 5.41) is 3.94. The Balaban J connectivity index is 1.84. The topological polar surface area (TPSA) is 59.2 Å². The normalized spacial score (nSPS) is 18.5. The van der Waals surface area contributed by atoms with E-state index in [1.54, 1.807) is 0 Å². The van der Waals surface area contributed by atoms with Gasteiger partial charge < -0.3 is 9.42 Å². The summed E-state index contributed by atoms with van der Waals surface area (Å²) in [7, 11) is 0. The lowest BCUT2D eigenvalue weighted by Gasteiger charge is -2.23. The minimum atomic E-state index is -0.0927. The lowest BCUT2D eigenvalue weighted by atomic mass is 10.1. The summed E-state index contributed by atoms with van der Waals surface area (Å²) in [6, 6.07) is 8.04. The van der Waals surface area contributed by atoms with Gasteiger partial charge in [-0.1, -0.05) is 36.3 Å². The van der Waals surface area contributed by atoms with E-state index in [-0.39, 0.29) is 11.9 Å². The molecular weight excluding hydrogens is 266 g/mol. The van der Waals surface area contributed by atoms with Crippen LogP contribution < -0.4 is 0 Å². The summed E-state index contributed by atoms with van der Waals surface area (Å²) in [6.07, 6.45) is 2.03. The number of hydrogen-bond acceptors (Lipinski definition) is 4. The number of carbonyl (C=O) groups is 1. The van der Waals surface area contributed by atoms with Gasteiger partial charge in [0, 0.05) is 19.4 Å². The van der Waals surface area contributed by atoms with Gasteiger partial charge in [-0.15, -0.1) is 0 Å². The number of carbonyl (C=O) groups excluding carboxylic acids is 1. The number of aryl methyl sites for hydroxylation is 2. The molecule has 1 unspecified atom stereocenters. The van der Waals surface area contributed by atoms with E-state index in [2.05, 4.69) is 29.2 Å². The lowest BCUT2D eigenvalue weighted by molar-refractivity contribution is -0.130. The van der Waals surface area contributed by atoms with Crippen LogP contribution in [0.15, 0.2) is 28.8 Å². The van der Waals surface area contributed by atoms with Gasteiger partial charge in [0.25, 0.3) is 0 Å². The highest BCUT2D eigenvalue weighted by Crippen LogP contribution is 2.33. The Hall–Kier alpha value is -2.17. The van der Waals surface area contributed by atoms with Crippen LogP contribution in [0, 0.1) is 6.92 Å². The van der Waals surface area contributed by atoms with Crippen molar-refractivity contribution >= 4 is 5.91 Å². The van der Waals surface area contributed by atoms with E-state index in [4.69, 9.17) is 4.52 Å². The van der Waals surface area contributed by atoms with Crippen molar-refractivity contribution in [3.8, 4) is 0 Å². The van der Waals surface area contributed by atoms with Crippen molar-refractivity contribution in [1.29, 1.82) is 0 Å². The molecule has 110 valence electrons. The van der Waals surface area contributed by atoms with E-state index in [0.717, 1.165) is 18.4 Å². The van der Waals surface area contributed by atoms with Crippen LogP contribution in [0.5, 0.6) is 0 Å². The molecule has 1 fully saturated rings. The van der Waals surface area contributed by atoms with Gasteiger partial charge in [0.1, 0.15) is 6.04 Å². The van der Waals surface area contributed by atoms with E-state index in [9.17, 15) is 4.79 Å². The van der Waals surface area contributed by atoms with Crippen LogP contribution in [-0.4, -0.2) is 20.9 Å². The Morgan fingerprint density at radius 3 is 2.90 bits per heavy atom. The summed E-state index contributed by atoms with van der Waals surface area (Å²) in [6.45, 7) is 4.65. The minimum absolute atomic E-state index is 0.0927. The smallest absolute Gasteiger partial charge is 0.249 e. The first-order valence-corrected chi connectivity index (χ1v) is 7.35. The predicted molar refractivity (Wildman–Crippen MR) is 77.4 cm³/mol. The molecular formula is C16H19N3O2. The Morgan fingerprint density at radius 1 is 1.38 bits per heavy atom. The van der Waals surface area contributed by atoms with E-state index < -0.39 is 0 Å². The number of aromatic nitrogens is 2. The molecule has 0 spiro atoms. The fraction of sp³-hybridized carbons (Fsp3) is 0.438. The molecule has 5 nitrogen and oxygen atoms in total. The highest BCUT2D eigenvalue weighted by Gasteiger charge is 2.35. The average molecular weight is 285 g/mol. The first kappa shape index (κ1) is 13.8. The SMILES string of the molecule is CCc1noc(C2CCC(=O)N2Cc2ccccc2C)n1. The van der Waals surface area contributed by atoms with E-state index in [0.29, 0.717) is 24.7 Å². The lowest BCUT2D eigenvalue weighted by Crippen LogP contribution is -2.27. The molecule has 1 aliphatic heterocycles. The second-order valence-electron chi connectivity index (χ2n) is 5.40. The van der Waals surface area contributed by atoms with Crippen molar-refractivity contribution in [1.82, 2.24) is 15.0 Å². The van der Waals surface area contributed by atoms with Crippen molar-refractivity contribution in [3.05, 3.63) is 47.1 Å². The number of rotatable bonds is 4. The molecule has 1 atom stereocenters. The highest BCUT2D eigenvalue weighted by molar-refractivity contribution is 5.78. The Bertz CT molecular complexity index is 650. The van der Waals surface area contributed by atoms with Crippen molar-refractivity contribution in [2.24, 2.45) is 0 Å². The molecule has 1 amide bonds. The maximum atomic E-state index is 12.2. The monoisotopic (exact) mass is 285 g/mol. The Morgan fingerprint density at radius 2 is 2.19 bits per heavy atom. The highest BCUT2D eigenvalue weighted by atomic mass is 16.5. The van der Waals surface area contributed by atoms with Gasteiger partial charge in [-0.25, -0.2) is 0 Å². The molecule has 1 saturated heterocycles. The Labute approximate surface area is 124 Å². The maximum Gasteiger partial charge on any atom is 0.249 e. The van der Waals surface area contributed by atoms with E-state index in [1.165, 1.54) is 5.56 Å². The molecule has 0 saturated carbocycles. The van der Waals surface area contributed by atoms with Gasteiger partial charge in [0.05, 0.1) is 0 Å². The largest absolute Gasteiger partial charge is 0.337 e. The van der Waals surface area contributed by atoms with Crippen molar-refractivity contribution in [3.63, 3.8) is 0 Å². The zero-order valence-electron chi connectivity index (χ0n) is 12.4. The summed E-state index contributed by atoms with van der Waals surface area (Å²) >= 11 is 0. The van der Waals surface area contributed by atoms with Crippen LogP contribution in [0.2, 0.25) is 0 Å². The molecule has 1 aromatic carbocycles. The third-order valence-electron chi connectivity index (χ3n) is 4.02. The van der Waals surface area contributed by atoms with Crippen LogP contribution in [-0.2, 0) is 17.8 Å². The van der Waals surface area contributed by atoms with Crippen LogP contribution in [0.25, 0.3) is 0 Å². The second-order valence-corrected chi connectivity index (χ2v) is 5.40. The zero-order chi connectivity index (χ0) is 14.8. The summed E-state index contributed by atoms with van der Waals surface area (Å²) < 4.78 is 5.33. The van der Waals surface area contributed by atoms with Crippen molar-refractivity contribution in [2.75, 3.05) is 0 Å². The van der Waals surface area contributed by atoms with E-state index >= 15 is 0 Å². The fourth-order valence-electron chi connectivity index (χ4n) is 2.71. The standard InChI is InChI=1S/C16H19N3O2/c1-3-14-17-16(21-18-14)13-8-9-15(20)19(13)10-12-7-5-4-6-11(12)2/h4-7,13H,3,8-10H2,1-2H3. The maximum absolute atomic E-state index is 12.2. The fourth-order valence-corrected chi connectivity index (χ4v) is 2.71. The van der Waals surface area contributed by atoms with Crippen molar-refractivity contribution in [2.45, 2.75) is 45.7 Å². The van der Waals surface area contributed by atoms with Gasteiger partial charge in [-0.3, -0.25) is 4.79 Å². The third-order valence-corrected chi connectivity index (χ3v) is 4.02. The second kappa shape index (κ2) is 5.68. The summed E-state index contributed by atoms with van der Waals surface area (Å²) in [5.74, 6) is 1.41. The summed E-state index contributed by atoms with van der Waals surface area (Å²) in [4.78, 5) is 18.4. The van der Waals surface area contributed by atoms with Crippen LogP contribution in [0.3, 0.4) is 0 Å². The molecule has 0 radical (unpaired) electrons. The molecule has 3 rings (SSSR count). The van der Waals surface area contributed by atoms with Gasteiger partial charge in [-0.2, -0.15) is 4.98 Å². The molecule has 2 heterocycles. The summed E-state index contributed by atoms with van der Waals surface area (Å²) in [5.41, 5.74) is 2.35. The average Bonchev–Trinajstić information content (AvgIpc) is 3.09. The van der Waals surface area contributed by atoms with Gasteiger partial charge >= 0.3 is 0 Å². The number of hydrogen-bond donors (Lipinski definition) is 0.